The van der Waals surface area contributed by atoms with E-state index < -0.39 is 0 Å². The normalized spacial score (nSPS) is 12.3. The number of carbonyl (C=O) groups excluding carboxylic acids is 1. The number of aromatic nitrogens is 3. The van der Waals surface area contributed by atoms with E-state index in [1.165, 1.54) is 9.08 Å². The van der Waals surface area contributed by atoms with Crippen LogP contribution in [0.3, 0.4) is 0 Å². The van der Waals surface area contributed by atoms with Gasteiger partial charge in [-0.05, 0) is 32.3 Å². The first kappa shape index (κ1) is 18.7. The lowest BCUT2D eigenvalue weighted by molar-refractivity contribution is -0.122. The number of nitrogens with one attached hydrogen (secondary N) is 1. The number of nitrogens with zero attached hydrogens (tertiary/aromatic N) is 4. The fraction of sp³-hybridized carbons (Fsp3) is 0.316. The Bertz CT molecular complexity index is 992. The van der Waals surface area contributed by atoms with Crippen molar-refractivity contribution >= 4 is 11.6 Å². The van der Waals surface area contributed by atoms with Gasteiger partial charge in [0.15, 0.2) is 5.65 Å². The van der Waals surface area contributed by atoms with Gasteiger partial charge in [0.05, 0.1) is 13.2 Å². The highest BCUT2D eigenvalue weighted by Gasteiger charge is 2.19. The second-order valence-electron chi connectivity index (χ2n) is 6.39. The number of amides is 1. The highest BCUT2D eigenvalue weighted by Crippen LogP contribution is 2.27. The van der Waals surface area contributed by atoms with Crippen LogP contribution in [0.5, 0.6) is 5.75 Å². The van der Waals surface area contributed by atoms with E-state index >= 15 is 0 Å². The molecule has 8 heteroatoms. The van der Waals surface area contributed by atoms with Gasteiger partial charge in [0.25, 0.3) is 0 Å². The molecule has 0 fully saturated rings. The Kier molecular flexibility index (Phi) is 5.56. The Morgan fingerprint density at radius 3 is 2.67 bits per heavy atom. The number of methoxy groups -OCH3 is 1. The van der Waals surface area contributed by atoms with Gasteiger partial charge in [0.1, 0.15) is 12.3 Å². The molecule has 0 radical (unpaired) electrons. The highest BCUT2D eigenvalue weighted by atomic mass is 16.5. The molecule has 1 unspecified atom stereocenters. The molecule has 0 spiro atoms. The Hall–Kier alpha value is -3.13. The third kappa shape index (κ3) is 4.01. The first-order valence-corrected chi connectivity index (χ1v) is 8.61. The monoisotopic (exact) mass is 369 g/mol. The van der Waals surface area contributed by atoms with E-state index in [1.807, 2.05) is 43.3 Å². The van der Waals surface area contributed by atoms with Crippen molar-refractivity contribution in [2.75, 3.05) is 27.7 Å². The minimum absolute atomic E-state index is 0.0668. The molecule has 8 nitrogen and oxygen atoms in total. The number of hydrogen-bond donors (Lipinski definition) is 1. The smallest absolute Gasteiger partial charge is 0.350 e. The topological polar surface area (TPSA) is 80.9 Å². The molecule has 0 aliphatic rings. The Morgan fingerprint density at radius 2 is 1.96 bits per heavy atom. The Morgan fingerprint density at radius 1 is 1.22 bits per heavy atom. The lowest BCUT2D eigenvalue weighted by Crippen LogP contribution is -2.38. The first-order chi connectivity index (χ1) is 13.0. The van der Waals surface area contributed by atoms with Crippen LogP contribution in [-0.4, -0.2) is 52.7 Å². The van der Waals surface area contributed by atoms with E-state index in [4.69, 9.17) is 4.74 Å². The summed E-state index contributed by atoms with van der Waals surface area (Å²) in [6.45, 7) is 0.251. The van der Waals surface area contributed by atoms with Gasteiger partial charge >= 0.3 is 5.69 Å². The van der Waals surface area contributed by atoms with Gasteiger partial charge < -0.3 is 15.0 Å². The van der Waals surface area contributed by atoms with Gasteiger partial charge in [-0.25, -0.2) is 9.48 Å². The number of fused-ring (bicyclic) bond motifs is 1. The van der Waals surface area contributed by atoms with Gasteiger partial charge in [-0.2, -0.15) is 0 Å². The van der Waals surface area contributed by atoms with E-state index in [0.29, 0.717) is 12.2 Å². The van der Waals surface area contributed by atoms with Crippen molar-refractivity contribution in [3.8, 4) is 5.75 Å². The third-order valence-electron chi connectivity index (χ3n) is 4.40. The summed E-state index contributed by atoms with van der Waals surface area (Å²) >= 11 is 0. The van der Waals surface area contributed by atoms with Gasteiger partial charge in [0.2, 0.25) is 5.91 Å². The van der Waals surface area contributed by atoms with Crippen LogP contribution in [0.15, 0.2) is 53.5 Å². The summed E-state index contributed by atoms with van der Waals surface area (Å²) < 4.78 is 8.00. The number of benzene rings is 1. The predicted molar refractivity (Wildman–Crippen MR) is 102 cm³/mol. The van der Waals surface area contributed by atoms with Gasteiger partial charge in [-0.3, -0.25) is 9.20 Å². The molecular formula is C19H23N5O3. The quantitative estimate of drug-likeness (QED) is 0.670. The maximum atomic E-state index is 12.4. The predicted octanol–water partition coefficient (Wildman–Crippen LogP) is 0.924. The van der Waals surface area contributed by atoms with Crippen LogP contribution >= 0.6 is 0 Å². The fourth-order valence-electron chi connectivity index (χ4n) is 2.99. The standard InChI is InChI=1S/C19H23N5O3/c1-22(2)15(14-8-4-5-9-16(14)27-3)12-20-18(25)13-24-19(26)23-11-7-6-10-17(23)21-24/h4-11,15H,12-13H2,1-3H3,(H,20,25). The fourth-order valence-corrected chi connectivity index (χ4v) is 2.99. The summed E-state index contributed by atoms with van der Waals surface area (Å²) in [6, 6.07) is 12.9. The van der Waals surface area contributed by atoms with Crippen molar-refractivity contribution in [3.63, 3.8) is 0 Å². The van der Waals surface area contributed by atoms with Crippen molar-refractivity contribution in [1.29, 1.82) is 0 Å². The number of rotatable bonds is 7. The highest BCUT2D eigenvalue weighted by molar-refractivity contribution is 5.75. The van der Waals surface area contributed by atoms with E-state index in [2.05, 4.69) is 10.4 Å². The Balaban J connectivity index is 1.71. The molecule has 27 heavy (non-hydrogen) atoms. The lowest BCUT2D eigenvalue weighted by Gasteiger charge is -2.26. The van der Waals surface area contributed by atoms with E-state index in [1.54, 1.807) is 31.5 Å². The summed E-state index contributed by atoms with van der Waals surface area (Å²) in [4.78, 5) is 26.7. The minimum atomic E-state index is -0.338. The van der Waals surface area contributed by atoms with Crippen LogP contribution in [0.4, 0.5) is 0 Å². The van der Waals surface area contributed by atoms with Crippen molar-refractivity contribution in [1.82, 2.24) is 24.4 Å². The maximum absolute atomic E-state index is 12.4. The molecule has 2 aromatic heterocycles. The molecule has 0 saturated heterocycles. The minimum Gasteiger partial charge on any atom is -0.496 e. The summed E-state index contributed by atoms with van der Waals surface area (Å²) in [5.41, 5.74) is 1.15. The van der Waals surface area contributed by atoms with Crippen LogP contribution in [0.25, 0.3) is 5.65 Å². The molecular weight excluding hydrogens is 346 g/mol. The molecule has 3 aromatic rings. The zero-order valence-electron chi connectivity index (χ0n) is 15.6. The number of hydrogen-bond acceptors (Lipinski definition) is 5. The summed E-state index contributed by atoms with van der Waals surface area (Å²) in [6.07, 6.45) is 1.63. The summed E-state index contributed by atoms with van der Waals surface area (Å²) in [7, 11) is 5.51. The second-order valence-corrected chi connectivity index (χ2v) is 6.39. The molecule has 0 saturated carbocycles. The zero-order chi connectivity index (χ0) is 19.4. The van der Waals surface area contributed by atoms with Crippen molar-refractivity contribution in [2.45, 2.75) is 12.6 Å². The third-order valence-corrected chi connectivity index (χ3v) is 4.40. The zero-order valence-corrected chi connectivity index (χ0v) is 15.6. The number of carbonyl (C=O) groups is 1. The molecule has 2 heterocycles. The largest absolute Gasteiger partial charge is 0.496 e. The average molecular weight is 369 g/mol. The van der Waals surface area contributed by atoms with E-state index in [0.717, 1.165) is 11.3 Å². The van der Waals surface area contributed by atoms with Gasteiger partial charge in [-0.1, -0.05) is 24.3 Å². The Labute approximate surface area is 157 Å². The van der Waals surface area contributed by atoms with Crippen molar-refractivity contribution < 1.29 is 9.53 Å². The number of pyridine rings is 1. The van der Waals surface area contributed by atoms with Crippen LogP contribution in [0.2, 0.25) is 0 Å². The lowest BCUT2D eigenvalue weighted by atomic mass is 10.0. The van der Waals surface area contributed by atoms with Crippen LogP contribution in [0, 0.1) is 0 Å². The van der Waals surface area contributed by atoms with Crippen LogP contribution in [0.1, 0.15) is 11.6 Å². The molecule has 1 N–H and O–H groups in total. The van der Waals surface area contributed by atoms with E-state index in [9.17, 15) is 9.59 Å². The number of ether oxygens (including phenoxy) is 1. The molecule has 1 atom stereocenters. The molecule has 0 bridgehead atoms. The van der Waals surface area contributed by atoms with Crippen LogP contribution < -0.4 is 15.7 Å². The SMILES string of the molecule is COc1ccccc1C(CNC(=O)Cn1nc2ccccn2c1=O)N(C)C. The molecule has 0 aliphatic heterocycles. The first-order valence-electron chi connectivity index (χ1n) is 8.61. The second kappa shape index (κ2) is 8.05. The van der Waals surface area contributed by atoms with Crippen molar-refractivity contribution in [3.05, 3.63) is 64.7 Å². The summed E-state index contributed by atoms with van der Waals surface area (Å²) in [5, 5.41) is 7.06. The van der Waals surface area contributed by atoms with Crippen LogP contribution in [-0.2, 0) is 11.3 Å². The number of likely N-dealkylation sites (N-methyl/N-ethyl adjacent to an activating group) is 1. The molecule has 3 rings (SSSR count). The van der Waals surface area contributed by atoms with E-state index in [-0.39, 0.29) is 24.2 Å². The van der Waals surface area contributed by atoms with Gasteiger partial charge in [-0.15, -0.1) is 5.10 Å². The molecule has 142 valence electrons. The summed E-state index contributed by atoms with van der Waals surface area (Å²) in [5.74, 6) is 0.490. The average Bonchev–Trinajstić information content (AvgIpc) is 2.98. The van der Waals surface area contributed by atoms with Crippen molar-refractivity contribution in [2.24, 2.45) is 0 Å². The molecule has 1 aromatic carbocycles. The maximum Gasteiger partial charge on any atom is 0.350 e. The molecule has 1 amide bonds. The van der Waals surface area contributed by atoms with Gasteiger partial charge in [0, 0.05) is 18.3 Å². The molecule has 0 aliphatic carbocycles. The number of para-hydroxylation sites is 1.